The van der Waals surface area contributed by atoms with E-state index in [0.717, 1.165) is 25.3 Å². The first-order valence-corrected chi connectivity index (χ1v) is 10.4. The van der Waals surface area contributed by atoms with Crippen molar-refractivity contribution in [1.29, 1.82) is 0 Å². The Hall–Kier alpha value is -3.55. The van der Waals surface area contributed by atoms with Crippen LogP contribution in [0.3, 0.4) is 0 Å². The molecule has 1 aromatic heterocycles. The van der Waals surface area contributed by atoms with Gasteiger partial charge in [-0.2, -0.15) is 13.2 Å². The van der Waals surface area contributed by atoms with E-state index >= 15 is 4.39 Å². The first-order chi connectivity index (χ1) is 16.7. The van der Waals surface area contributed by atoms with E-state index in [0.29, 0.717) is 17.7 Å². The van der Waals surface area contributed by atoms with Crippen LogP contribution in [0.15, 0.2) is 47.2 Å². The normalized spacial score (nSPS) is 11.7. The summed E-state index contributed by atoms with van der Waals surface area (Å²) in [5, 5.41) is 2.30. The number of amides is 1. The van der Waals surface area contributed by atoms with Crippen LogP contribution in [0.5, 0.6) is 23.0 Å². The lowest BCUT2D eigenvalue weighted by atomic mass is 10.1. The van der Waals surface area contributed by atoms with Gasteiger partial charge in [0.1, 0.15) is 21.7 Å². The van der Waals surface area contributed by atoms with Gasteiger partial charge in [-0.15, -0.1) is 13.2 Å². The molecule has 1 amide bonds. The fourth-order valence-corrected chi connectivity index (χ4v) is 3.27. The average molecular weight is 583 g/mol. The zero-order valence-corrected chi connectivity index (χ0v) is 19.7. The molecule has 0 bridgehead atoms. The Morgan fingerprint density at radius 3 is 2.28 bits per heavy atom. The Morgan fingerprint density at radius 1 is 1.00 bits per heavy atom. The number of ether oxygens (including phenoxy) is 3. The lowest BCUT2D eigenvalue weighted by Gasteiger charge is -2.18. The molecule has 0 radical (unpaired) electrons. The molecule has 0 aliphatic rings. The van der Waals surface area contributed by atoms with Crippen LogP contribution >= 0.6 is 15.9 Å². The second-order valence-electron chi connectivity index (χ2n) is 7.04. The molecule has 3 rings (SSSR count). The van der Waals surface area contributed by atoms with E-state index in [4.69, 9.17) is 9.47 Å². The van der Waals surface area contributed by atoms with Crippen molar-refractivity contribution >= 4 is 27.5 Å². The number of carbonyl (C=O) groups excluding carboxylic acids is 1. The van der Waals surface area contributed by atoms with Gasteiger partial charge < -0.3 is 19.5 Å². The van der Waals surface area contributed by atoms with Gasteiger partial charge in [0.15, 0.2) is 17.3 Å². The van der Waals surface area contributed by atoms with Gasteiger partial charge in [0, 0.05) is 18.0 Å². The lowest BCUT2D eigenvalue weighted by Crippen LogP contribution is -2.19. The molecule has 36 heavy (non-hydrogen) atoms. The van der Waals surface area contributed by atoms with E-state index in [1.54, 1.807) is 6.92 Å². The standard InChI is InChI=1S/C22H14BrF7N2O4/c1-10-9-31-17(23)8-13(10)32-20(33)18-15(6-4-12(19(18)24)21(25,26)27)35-14-5-3-11(7-16(14)34-2)36-22(28,29)30/h3-9H,1-2H3,(H,31,32,33). The third-order valence-electron chi connectivity index (χ3n) is 4.54. The third kappa shape index (κ3) is 6.36. The van der Waals surface area contributed by atoms with Crippen LogP contribution in [0, 0.1) is 12.7 Å². The largest absolute Gasteiger partial charge is 0.573 e. The fourth-order valence-electron chi connectivity index (χ4n) is 2.94. The molecule has 6 nitrogen and oxygen atoms in total. The Morgan fingerprint density at radius 2 is 1.67 bits per heavy atom. The summed E-state index contributed by atoms with van der Waals surface area (Å²) < 4.78 is 107. The molecule has 0 atom stereocenters. The number of carbonyl (C=O) groups is 1. The second kappa shape index (κ2) is 10.2. The number of aromatic nitrogens is 1. The van der Waals surface area contributed by atoms with Crippen LogP contribution in [0.25, 0.3) is 0 Å². The number of pyridine rings is 1. The molecule has 0 aliphatic carbocycles. The maximum absolute atomic E-state index is 15.0. The van der Waals surface area contributed by atoms with Crippen LogP contribution in [0.4, 0.5) is 36.4 Å². The predicted octanol–water partition coefficient (Wildman–Crippen LogP) is 7.26. The van der Waals surface area contributed by atoms with Crippen LogP contribution in [-0.2, 0) is 6.18 Å². The highest BCUT2D eigenvalue weighted by atomic mass is 79.9. The highest BCUT2D eigenvalue weighted by Crippen LogP contribution is 2.41. The minimum Gasteiger partial charge on any atom is -0.493 e. The predicted molar refractivity (Wildman–Crippen MR) is 116 cm³/mol. The van der Waals surface area contributed by atoms with Crippen LogP contribution < -0.4 is 19.5 Å². The fraction of sp³-hybridized carbons (Fsp3) is 0.182. The maximum atomic E-state index is 15.0. The Bertz CT molecular complexity index is 1300. The molecule has 1 N–H and O–H groups in total. The molecule has 1 heterocycles. The molecular weight excluding hydrogens is 569 g/mol. The third-order valence-corrected chi connectivity index (χ3v) is 4.98. The summed E-state index contributed by atoms with van der Waals surface area (Å²) in [6.45, 7) is 1.55. The molecule has 0 unspecified atom stereocenters. The number of benzene rings is 2. The number of alkyl halides is 6. The first-order valence-electron chi connectivity index (χ1n) is 9.64. The highest BCUT2D eigenvalue weighted by molar-refractivity contribution is 9.10. The van der Waals surface area contributed by atoms with E-state index in [9.17, 15) is 31.1 Å². The van der Waals surface area contributed by atoms with Crippen LogP contribution in [0.2, 0.25) is 0 Å². The summed E-state index contributed by atoms with van der Waals surface area (Å²) in [7, 11) is 1.07. The average Bonchev–Trinajstić information content (AvgIpc) is 2.75. The molecule has 14 heteroatoms. The Labute approximate surface area is 207 Å². The van der Waals surface area contributed by atoms with E-state index in [1.165, 1.54) is 12.3 Å². The number of nitrogens with zero attached hydrogens (tertiary/aromatic N) is 1. The van der Waals surface area contributed by atoms with Crippen molar-refractivity contribution in [2.45, 2.75) is 19.5 Å². The summed E-state index contributed by atoms with van der Waals surface area (Å²) in [4.78, 5) is 16.9. The van der Waals surface area contributed by atoms with Gasteiger partial charge in [-0.3, -0.25) is 4.79 Å². The summed E-state index contributed by atoms with van der Waals surface area (Å²) in [6, 6.07) is 4.99. The van der Waals surface area contributed by atoms with Gasteiger partial charge >= 0.3 is 12.5 Å². The number of aryl methyl sites for hydroxylation is 1. The smallest absolute Gasteiger partial charge is 0.493 e. The van der Waals surface area contributed by atoms with Gasteiger partial charge in [-0.25, -0.2) is 9.37 Å². The molecular formula is C22H14BrF7N2O4. The maximum Gasteiger partial charge on any atom is 0.573 e. The summed E-state index contributed by atoms with van der Waals surface area (Å²) >= 11 is 3.09. The minimum absolute atomic E-state index is 0.121. The summed E-state index contributed by atoms with van der Waals surface area (Å²) in [6.07, 6.45) is -8.79. The monoisotopic (exact) mass is 582 g/mol. The number of hydrogen-bond donors (Lipinski definition) is 1. The number of nitrogens with one attached hydrogen (secondary N) is 1. The quantitative estimate of drug-likeness (QED) is 0.245. The molecule has 0 spiro atoms. The molecule has 3 aromatic rings. The van der Waals surface area contributed by atoms with E-state index in [2.05, 4.69) is 31.0 Å². The van der Waals surface area contributed by atoms with Gasteiger partial charge in [-0.05, 0) is 58.7 Å². The zero-order valence-electron chi connectivity index (χ0n) is 18.1. The number of methoxy groups -OCH3 is 1. The van der Waals surface area contributed by atoms with Crippen molar-refractivity contribution in [3.05, 3.63) is 69.7 Å². The van der Waals surface area contributed by atoms with E-state index in [-0.39, 0.29) is 21.8 Å². The molecule has 0 fully saturated rings. The first kappa shape index (κ1) is 27.0. The molecule has 0 saturated heterocycles. The summed E-state index contributed by atoms with van der Waals surface area (Å²) in [5.41, 5.74) is -2.29. The summed E-state index contributed by atoms with van der Waals surface area (Å²) in [5.74, 6) is -5.21. The number of rotatable bonds is 6. The van der Waals surface area contributed by atoms with Crippen molar-refractivity contribution in [2.24, 2.45) is 0 Å². The van der Waals surface area contributed by atoms with E-state index < -0.39 is 46.9 Å². The van der Waals surface area contributed by atoms with Crippen molar-refractivity contribution < 1.29 is 49.7 Å². The molecule has 0 aliphatic heterocycles. The SMILES string of the molecule is COc1cc(OC(F)(F)F)ccc1Oc1ccc(C(F)(F)F)c(F)c1C(=O)Nc1cc(Br)ncc1C. The Balaban J connectivity index is 2.07. The Kier molecular flexibility index (Phi) is 7.67. The molecule has 2 aromatic carbocycles. The minimum atomic E-state index is -5.14. The second-order valence-corrected chi connectivity index (χ2v) is 7.85. The van der Waals surface area contributed by atoms with Crippen molar-refractivity contribution in [3.63, 3.8) is 0 Å². The number of anilines is 1. The van der Waals surface area contributed by atoms with Crippen molar-refractivity contribution in [1.82, 2.24) is 4.98 Å². The van der Waals surface area contributed by atoms with E-state index in [1.807, 2.05) is 0 Å². The van der Waals surface area contributed by atoms with Crippen molar-refractivity contribution in [3.8, 4) is 23.0 Å². The van der Waals surface area contributed by atoms with Gasteiger partial charge in [0.05, 0.1) is 12.7 Å². The number of hydrogen-bond acceptors (Lipinski definition) is 5. The molecule has 192 valence electrons. The zero-order chi connectivity index (χ0) is 26.8. The number of halogens is 8. The lowest BCUT2D eigenvalue weighted by molar-refractivity contribution is -0.274. The van der Waals surface area contributed by atoms with Gasteiger partial charge in [-0.1, -0.05) is 0 Å². The van der Waals surface area contributed by atoms with Gasteiger partial charge in [0.2, 0.25) is 0 Å². The molecule has 0 saturated carbocycles. The van der Waals surface area contributed by atoms with Gasteiger partial charge in [0.25, 0.3) is 5.91 Å². The van der Waals surface area contributed by atoms with Crippen molar-refractivity contribution in [2.75, 3.05) is 12.4 Å². The topological polar surface area (TPSA) is 69.7 Å². The van der Waals surface area contributed by atoms with Crippen LogP contribution in [0.1, 0.15) is 21.5 Å². The highest BCUT2D eigenvalue weighted by Gasteiger charge is 2.38. The van der Waals surface area contributed by atoms with Crippen LogP contribution in [-0.4, -0.2) is 24.4 Å².